The summed E-state index contributed by atoms with van der Waals surface area (Å²) in [5.41, 5.74) is 6.30. The Morgan fingerprint density at radius 2 is 2.06 bits per heavy atom. The molecule has 82 valence electrons. The number of nitrogens with two attached hydrogens (primary N) is 1. The van der Waals surface area contributed by atoms with Gasteiger partial charge in [0.15, 0.2) is 5.82 Å². The van der Waals surface area contributed by atoms with Gasteiger partial charge in [-0.25, -0.2) is 0 Å². The number of hydrogen-bond acceptors (Lipinski definition) is 5. The summed E-state index contributed by atoms with van der Waals surface area (Å²) in [4.78, 5) is 11.9. The van der Waals surface area contributed by atoms with Crippen molar-refractivity contribution in [3.05, 3.63) is 29.3 Å². The van der Waals surface area contributed by atoms with E-state index in [9.17, 15) is 0 Å². The van der Waals surface area contributed by atoms with Gasteiger partial charge in [-0.05, 0) is 12.1 Å². The van der Waals surface area contributed by atoms with E-state index in [0.29, 0.717) is 10.8 Å². The first-order valence-corrected chi connectivity index (χ1v) is 4.88. The van der Waals surface area contributed by atoms with Gasteiger partial charge in [0.2, 0.25) is 5.95 Å². The number of methoxy groups -OCH3 is 1. The van der Waals surface area contributed by atoms with Crippen LogP contribution in [0.25, 0.3) is 11.4 Å². The molecule has 0 bridgehead atoms. The van der Waals surface area contributed by atoms with Gasteiger partial charge in [0.25, 0.3) is 0 Å². The Balaban J connectivity index is 2.51. The molecule has 0 saturated heterocycles. The molecule has 0 aliphatic rings. The molecule has 1 aromatic carbocycles. The van der Waals surface area contributed by atoms with Crippen LogP contribution in [-0.2, 0) is 0 Å². The molecule has 16 heavy (non-hydrogen) atoms. The van der Waals surface area contributed by atoms with Gasteiger partial charge in [-0.15, -0.1) is 0 Å². The summed E-state index contributed by atoms with van der Waals surface area (Å²) < 4.78 is 4.91. The fraction of sp³-hybridized carbons (Fsp3) is 0.100. The number of rotatable bonds is 2. The third-order valence-corrected chi connectivity index (χ3v) is 2.13. The highest BCUT2D eigenvalue weighted by Gasteiger charge is 2.06. The lowest BCUT2D eigenvalue weighted by molar-refractivity contribution is 0.379. The molecule has 0 radical (unpaired) electrons. The Morgan fingerprint density at radius 3 is 2.75 bits per heavy atom. The minimum Gasteiger partial charge on any atom is -0.467 e. The van der Waals surface area contributed by atoms with E-state index in [0.717, 1.165) is 5.56 Å². The Hall–Kier alpha value is -1.88. The molecule has 2 N–H and O–H groups in total. The lowest BCUT2D eigenvalue weighted by atomic mass is 10.2. The number of nitrogen functional groups attached to an aromatic ring is 1. The van der Waals surface area contributed by atoms with Crippen molar-refractivity contribution in [2.75, 3.05) is 12.8 Å². The second-order valence-electron chi connectivity index (χ2n) is 3.01. The topological polar surface area (TPSA) is 73.9 Å². The van der Waals surface area contributed by atoms with Gasteiger partial charge >= 0.3 is 6.01 Å². The summed E-state index contributed by atoms with van der Waals surface area (Å²) in [5.74, 6) is 0.550. The van der Waals surface area contributed by atoms with Crippen molar-refractivity contribution in [1.82, 2.24) is 15.0 Å². The highest BCUT2D eigenvalue weighted by molar-refractivity contribution is 6.30. The van der Waals surface area contributed by atoms with Gasteiger partial charge in [-0.2, -0.15) is 15.0 Å². The Kier molecular flexibility index (Phi) is 2.87. The van der Waals surface area contributed by atoms with E-state index in [-0.39, 0.29) is 12.0 Å². The second-order valence-corrected chi connectivity index (χ2v) is 3.45. The smallest absolute Gasteiger partial charge is 0.321 e. The van der Waals surface area contributed by atoms with Gasteiger partial charge in [0.05, 0.1) is 7.11 Å². The molecular weight excluding hydrogens is 228 g/mol. The number of nitrogens with zero attached hydrogens (tertiary/aromatic N) is 3. The zero-order valence-corrected chi connectivity index (χ0v) is 9.27. The first-order chi connectivity index (χ1) is 7.69. The quantitative estimate of drug-likeness (QED) is 0.860. The van der Waals surface area contributed by atoms with Crippen LogP contribution in [0.2, 0.25) is 5.02 Å². The number of halogens is 1. The van der Waals surface area contributed by atoms with Gasteiger partial charge in [0.1, 0.15) is 0 Å². The lowest BCUT2D eigenvalue weighted by Gasteiger charge is -2.03. The minimum absolute atomic E-state index is 0.113. The van der Waals surface area contributed by atoms with Crippen LogP contribution in [0.15, 0.2) is 24.3 Å². The monoisotopic (exact) mass is 236 g/mol. The standard InChI is InChI=1S/C10H9ClN4O/c1-16-10-14-8(13-9(12)15-10)6-3-2-4-7(11)5-6/h2-5H,1H3,(H2,12,13,14,15). The van der Waals surface area contributed by atoms with Crippen molar-refractivity contribution in [1.29, 1.82) is 0 Å². The summed E-state index contributed by atoms with van der Waals surface area (Å²) >= 11 is 5.87. The van der Waals surface area contributed by atoms with Gasteiger partial charge < -0.3 is 10.5 Å². The lowest BCUT2D eigenvalue weighted by Crippen LogP contribution is -2.02. The molecule has 0 fully saturated rings. The molecule has 0 aliphatic heterocycles. The summed E-state index contributed by atoms with van der Waals surface area (Å²) in [6, 6.07) is 7.34. The van der Waals surface area contributed by atoms with Crippen molar-refractivity contribution >= 4 is 17.5 Å². The van der Waals surface area contributed by atoms with Crippen LogP contribution in [-0.4, -0.2) is 22.1 Å². The number of aromatic nitrogens is 3. The third-order valence-electron chi connectivity index (χ3n) is 1.90. The molecule has 2 rings (SSSR count). The maximum absolute atomic E-state index is 5.87. The van der Waals surface area contributed by atoms with E-state index in [4.69, 9.17) is 22.1 Å². The van der Waals surface area contributed by atoms with Crippen molar-refractivity contribution in [3.8, 4) is 17.4 Å². The molecule has 6 heteroatoms. The largest absolute Gasteiger partial charge is 0.467 e. The normalized spacial score (nSPS) is 10.1. The van der Waals surface area contributed by atoms with Crippen molar-refractivity contribution in [2.45, 2.75) is 0 Å². The molecule has 0 unspecified atom stereocenters. The van der Waals surface area contributed by atoms with E-state index in [2.05, 4.69) is 15.0 Å². The molecule has 0 saturated carbocycles. The van der Waals surface area contributed by atoms with Crippen LogP contribution in [0, 0.1) is 0 Å². The molecule has 1 heterocycles. The fourth-order valence-corrected chi connectivity index (χ4v) is 1.41. The Morgan fingerprint density at radius 1 is 1.25 bits per heavy atom. The van der Waals surface area contributed by atoms with E-state index in [1.54, 1.807) is 12.1 Å². The first-order valence-electron chi connectivity index (χ1n) is 4.50. The molecule has 5 nitrogen and oxygen atoms in total. The second kappa shape index (κ2) is 4.32. The van der Waals surface area contributed by atoms with Crippen LogP contribution in [0.3, 0.4) is 0 Å². The highest BCUT2D eigenvalue weighted by Crippen LogP contribution is 2.20. The highest BCUT2D eigenvalue weighted by atomic mass is 35.5. The average Bonchev–Trinajstić information content (AvgIpc) is 2.28. The van der Waals surface area contributed by atoms with Crippen LogP contribution in [0.5, 0.6) is 6.01 Å². The molecular formula is C10H9ClN4O. The predicted molar refractivity (Wildman–Crippen MR) is 61.2 cm³/mol. The minimum atomic E-state index is 0.113. The summed E-state index contributed by atoms with van der Waals surface area (Å²) in [6.07, 6.45) is 0. The maximum Gasteiger partial charge on any atom is 0.321 e. The molecule has 2 aromatic rings. The fourth-order valence-electron chi connectivity index (χ4n) is 1.22. The molecule has 0 aliphatic carbocycles. The number of anilines is 1. The maximum atomic E-state index is 5.87. The van der Waals surface area contributed by atoms with Gasteiger partial charge in [0, 0.05) is 10.6 Å². The molecule has 0 atom stereocenters. The van der Waals surface area contributed by atoms with Crippen molar-refractivity contribution in [3.63, 3.8) is 0 Å². The first kappa shape index (κ1) is 10.6. The van der Waals surface area contributed by atoms with Gasteiger partial charge in [-0.3, -0.25) is 0 Å². The summed E-state index contributed by atoms with van der Waals surface area (Å²) in [5, 5.41) is 0.607. The van der Waals surface area contributed by atoms with Crippen LogP contribution in [0.4, 0.5) is 5.95 Å². The van der Waals surface area contributed by atoms with E-state index >= 15 is 0 Å². The zero-order valence-electron chi connectivity index (χ0n) is 8.51. The summed E-state index contributed by atoms with van der Waals surface area (Å²) in [6.45, 7) is 0. The number of ether oxygens (including phenoxy) is 1. The Labute approximate surface area is 97.3 Å². The van der Waals surface area contributed by atoms with Crippen LogP contribution < -0.4 is 10.5 Å². The molecule has 1 aromatic heterocycles. The number of benzene rings is 1. The van der Waals surface area contributed by atoms with Gasteiger partial charge in [-0.1, -0.05) is 23.7 Å². The van der Waals surface area contributed by atoms with Crippen molar-refractivity contribution < 1.29 is 4.74 Å². The van der Waals surface area contributed by atoms with Crippen LogP contribution in [0.1, 0.15) is 0 Å². The molecule has 0 spiro atoms. The SMILES string of the molecule is COc1nc(N)nc(-c2cccc(Cl)c2)n1. The Bertz CT molecular complexity index is 518. The van der Waals surface area contributed by atoms with E-state index < -0.39 is 0 Å². The van der Waals surface area contributed by atoms with Crippen LogP contribution >= 0.6 is 11.6 Å². The third kappa shape index (κ3) is 2.20. The zero-order chi connectivity index (χ0) is 11.5. The average molecular weight is 237 g/mol. The number of hydrogen-bond donors (Lipinski definition) is 1. The predicted octanol–water partition coefficient (Wildman–Crippen LogP) is 1.78. The molecule has 0 amide bonds. The van der Waals surface area contributed by atoms with Crippen molar-refractivity contribution in [2.24, 2.45) is 0 Å². The van der Waals surface area contributed by atoms with E-state index in [1.165, 1.54) is 7.11 Å². The summed E-state index contributed by atoms with van der Waals surface area (Å²) in [7, 11) is 1.47. The van der Waals surface area contributed by atoms with E-state index in [1.807, 2.05) is 12.1 Å².